The Hall–Kier alpha value is -2.49. The Kier molecular flexibility index (Phi) is 3.71. The molecule has 1 aromatic carbocycles. The first-order valence-electron chi connectivity index (χ1n) is 5.80. The average Bonchev–Trinajstić information content (AvgIpc) is 2.42. The second-order valence-electron chi connectivity index (χ2n) is 4.25. The summed E-state index contributed by atoms with van der Waals surface area (Å²) in [5, 5.41) is 0. The zero-order chi connectivity index (χ0) is 13.8. The van der Waals surface area contributed by atoms with Gasteiger partial charge in [-0.05, 0) is 43.2 Å². The minimum Gasteiger partial charge on any atom is -0.422 e. The molecule has 19 heavy (non-hydrogen) atoms. The Balaban J connectivity index is 2.34. The molecule has 0 aliphatic heterocycles. The second-order valence-corrected chi connectivity index (χ2v) is 4.25. The van der Waals surface area contributed by atoms with Crippen molar-refractivity contribution in [1.82, 2.24) is 4.98 Å². The predicted molar refractivity (Wildman–Crippen MR) is 70.5 cm³/mol. The van der Waals surface area contributed by atoms with Crippen molar-refractivity contribution in [3.63, 3.8) is 0 Å². The molecule has 0 radical (unpaired) electrons. The Morgan fingerprint density at radius 3 is 2.74 bits per heavy atom. The maximum atomic E-state index is 11.9. The third-order valence-electron chi connectivity index (χ3n) is 2.67. The fourth-order valence-electron chi connectivity index (χ4n) is 1.85. The highest BCUT2D eigenvalue weighted by molar-refractivity contribution is 5.92. The molecule has 4 nitrogen and oxygen atoms in total. The van der Waals surface area contributed by atoms with Crippen molar-refractivity contribution < 1.29 is 14.3 Å². The molecule has 0 saturated heterocycles. The number of hydrogen-bond acceptors (Lipinski definition) is 4. The van der Waals surface area contributed by atoms with Crippen LogP contribution < -0.4 is 4.74 Å². The lowest BCUT2D eigenvalue weighted by Gasteiger charge is -2.10. The summed E-state index contributed by atoms with van der Waals surface area (Å²) in [4.78, 5) is 26.8. The molecule has 0 fully saturated rings. The van der Waals surface area contributed by atoms with Crippen molar-refractivity contribution in [3.05, 3.63) is 58.9 Å². The van der Waals surface area contributed by atoms with Gasteiger partial charge in [0.2, 0.25) is 0 Å². The van der Waals surface area contributed by atoms with E-state index < -0.39 is 5.97 Å². The van der Waals surface area contributed by atoms with Crippen LogP contribution in [0.25, 0.3) is 0 Å². The summed E-state index contributed by atoms with van der Waals surface area (Å²) >= 11 is 0. The number of nitrogens with zero attached hydrogens (tertiary/aromatic N) is 1. The Labute approximate surface area is 111 Å². The highest BCUT2D eigenvalue weighted by atomic mass is 16.5. The Morgan fingerprint density at radius 1 is 1.32 bits per heavy atom. The molecule has 2 aromatic rings. The number of aryl methyl sites for hydroxylation is 2. The van der Waals surface area contributed by atoms with Gasteiger partial charge in [-0.25, -0.2) is 4.79 Å². The molecule has 2 rings (SSSR count). The fraction of sp³-hybridized carbons (Fsp3) is 0.133. The van der Waals surface area contributed by atoms with Crippen LogP contribution in [0.15, 0.2) is 36.7 Å². The largest absolute Gasteiger partial charge is 0.422 e. The monoisotopic (exact) mass is 255 g/mol. The van der Waals surface area contributed by atoms with E-state index >= 15 is 0 Å². The minimum atomic E-state index is -0.525. The number of esters is 1. The van der Waals surface area contributed by atoms with E-state index in [0.717, 1.165) is 11.1 Å². The van der Waals surface area contributed by atoms with Gasteiger partial charge in [0, 0.05) is 12.4 Å². The molecule has 0 amide bonds. The van der Waals surface area contributed by atoms with E-state index in [-0.39, 0.29) is 0 Å². The van der Waals surface area contributed by atoms with Crippen molar-refractivity contribution in [1.29, 1.82) is 0 Å². The summed E-state index contributed by atoms with van der Waals surface area (Å²) in [5.74, 6) is -0.224. The van der Waals surface area contributed by atoms with E-state index in [4.69, 9.17) is 4.74 Å². The normalized spacial score (nSPS) is 10.0. The summed E-state index contributed by atoms with van der Waals surface area (Å²) in [5.41, 5.74) is 2.41. The van der Waals surface area contributed by atoms with Crippen molar-refractivity contribution in [2.45, 2.75) is 13.8 Å². The molecule has 0 spiro atoms. The molecular weight excluding hydrogens is 242 g/mol. The second kappa shape index (κ2) is 5.44. The number of pyridine rings is 1. The number of rotatable bonds is 3. The summed E-state index contributed by atoms with van der Waals surface area (Å²) in [6.07, 6.45) is 3.68. The van der Waals surface area contributed by atoms with E-state index in [2.05, 4.69) is 4.98 Å². The number of carbonyl (C=O) groups excluding carboxylic acids is 2. The number of benzene rings is 1. The first-order valence-corrected chi connectivity index (χ1v) is 5.80. The lowest BCUT2D eigenvalue weighted by molar-refractivity contribution is 0.0732. The SMILES string of the molecule is Cc1cc(C)c(OC(=O)c2cccnc2)c(C=O)c1. The zero-order valence-corrected chi connectivity index (χ0v) is 10.7. The molecule has 96 valence electrons. The Morgan fingerprint density at radius 2 is 2.11 bits per heavy atom. The maximum absolute atomic E-state index is 11.9. The van der Waals surface area contributed by atoms with Gasteiger partial charge in [-0.3, -0.25) is 9.78 Å². The molecule has 0 bridgehead atoms. The van der Waals surface area contributed by atoms with Crippen LogP contribution >= 0.6 is 0 Å². The third kappa shape index (κ3) is 2.85. The molecule has 0 aliphatic rings. The highest BCUT2D eigenvalue weighted by Gasteiger charge is 2.14. The molecule has 0 N–H and O–H groups in total. The van der Waals surface area contributed by atoms with Gasteiger partial charge in [-0.15, -0.1) is 0 Å². The highest BCUT2D eigenvalue weighted by Crippen LogP contribution is 2.24. The summed E-state index contributed by atoms with van der Waals surface area (Å²) in [6.45, 7) is 3.68. The number of ether oxygens (including phenoxy) is 1. The van der Waals surface area contributed by atoms with E-state index in [1.165, 1.54) is 6.20 Å². The van der Waals surface area contributed by atoms with Crippen LogP contribution in [0, 0.1) is 13.8 Å². The summed E-state index contributed by atoms with van der Waals surface area (Å²) in [7, 11) is 0. The molecule has 0 saturated carbocycles. The quantitative estimate of drug-likeness (QED) is 0.480. The van der Waals surface area contributed by atoms with Gasteiger partial charge in [0.1, 0.15) is 5.75 Å². The Bertz CT molecular complexity index is 621. The van der Waals surface area contributed by atoms with Crippen LogP contribution in [-0.2, 0) is 0 Å². The maximum Gasteiger partial charge on any atom is 0.345 e. The number of hydrogen-bond donors (Lipinski definition) is 0. The molecule has 0 aliphatic carbocycles. The standard InChI is InChI=1S/C15H13NO3/c1-10-6-11(2)14(13(7-10)9-17)19-15(18)12-4-3-5-16-8-12/h3-9H,1-2H3. The van der Waals surface area contributed by atoms with Crippen molar-refractivity contribution in [2.24, 2.45) is 0 Å². The fourth-order valence-corrected chi connectivity index (χ4v) is 1.85. The average molecular weight is 255 g/mol. The van der Waals surface area contributed by atoms with Crippen LogP contribution in [0.5, 0.6) is 5.75 Å². The topological polar surface area (TPSA) is 56.3 Å². The first kappa shape index (κ1) is 13.0. The predicted octanol–water partition coefficient (Wildman–Crippen LogP) is 2.73. The molecular formula is C15H13NO3. The van der Waals surface area contributed by atoms with Crippen LogP contribution in [0.1, 0.15) is 31.8 Å². The molecule has 0 atom stereocenters. The zero-order valence-electron chi connectivity index (χ0n) is 10.7. The van der Waals surface area contributed by atoms with Crippen molar-refractivity contribution >= 4 is 12.3 Å². The van der Waals surface area contributed by atoms with Gasteiger partial charge in [0.25, 0.3) is 0 Å². The van der Waals surface area contributed by atoms with E-state index in [1.807, 2.05) is 13.0 Å². The minimum absolute atomic E-state index is 0.300. The molecule has 1 aromatic heterocycles. The summed E-state index contributed by atoms with van der Waals surface area (Å²) in [6, 6.07) is 6.81. The van der Waals surface area contributed by atoms with E-state index in [0.29, 0.717) is 23.2 Å². The molecule has 4 heteroatoms. The molecule has 0 unspecified atom stereocenters. The molecule has 1 heterocycles. The van der Waals surface area contributed by atoms with Crippen LogP contribution in [-0.4, -0.2) is 17.2 Å². The van der Waals surface area contributed by atoms with Gasteiger partial charge in [0.05, 0.1) is 11.1 Å². The van der Waals surface area contributed by atoms with Crippen LogP contribution in [0.4, 0.5) is 0 Å². The van der Waals surface area contributed by atoms with Crippen molar-refractivity contribution in [2.75, 3.05) is 0 Å². The van der Waals surface area contributed by atoms with E-state index in [9.17, 15) is 9.59 Å². The number of aldehydes is 1. The van der Waals surface area contributed by atoms with Crippen LogP contribution in [0.3, 0.4) is 0 Å². The van der Waals surface area contributed by atoms with Gasteiger partial charge >= 0.3 is 5.97 Å². The van der Waals surface area contributed by atoms with Gasteiger partial charge in [-0.2, -0.15) is 0 Å². The third-order valence-corrected chi connectivity index (χ3v) is 2.67. The summed E-state index contributed by atoms with van der Waals surface area (Å²) < 4.78 is 5.30. The smallest absolute Gasteiger partial charge is 0.345 e. The van der Waals surface area contributed by atoms with Crippen molar-refractivity contribution in [3.8, 4) is 5.75 Å². The number of aromatic nitrogens is 1. The van der Waals surface area contributed by atoms with Gasteiger partial charge < -0.3 is 4.74 Å². The lowest BCUT2D eigenvalue weighted by Crippen LogP contribution is -2.11. The first-order chi connectivity index (χ1) is 9.11. The van der Waals surface area contributed by atoms with E-state index in [1.54, 1.807) is 31.3 Å². The van der Waals surface area contributed by atoms with Gasteiger partial charge in [0.15, 0.2) is 6.29 Å². The number of carbonyl (C=O) groups is 2. The lowest BCUT2D eigenvalue weighted by atomic mass is 10.1. The van der Waals surface area contributed by atoms with Crippen LogP contribution in [0.2, 0.25) is 0 Å². The van der Waals surface area contributed by atoms with Gasteiger partial charge in [-0.1, -0.05) is 6.07 Å².